The molecule has 100 valence electrons. The molecule has 0 saturated heterocycles. The monoisotopic (exact) mass is 322 g/mol. The molecule has 0 amide bonds. The van der Waals surface area contributed by atoms with Gasteiger partial charge in [0.2, 0.25) is 0 Å². The summed E-state index contributed by atoms with van der Waals surface area (Å²) in [5, 5.41) is 0. The maximum atomic E-state index is 2.49. The molecule has 0 unspecified atom stereocenters. The molecule has 3 aromatic carbocycles. The maximum absolute atomic E-state index is 2.49. The molecule has 0 N–H and O–H groups in total. The number of benzene rings is 3. The van der Waals surface area contributed by atoms with Gasteiger partial charge < -0.3 is 0 Å². The van der Waals surface area contributed by atoms with Gasteiger partial charge in [-0.05, 0) is 0 Å². The molecule has 0 bridgehead atoms. The summed E-state index contributed by atoms with van der Waals surface area (Å²) in [5.41, 5.74) is 2.49. The summed E-state index contributed by atoms with van der Waals surface area (Å²) in [6.07, 6.45) is 0. The minimum absolute atomic E-state index is 1.50. The first-order valence-electron chi connectivity index (χ1n) is 6.98. The van der Waals surface area contributed by atoms with Crippen molar-refractivity contribution in [1.82, 2.24) is 0 Å². The van der Waals surface area contributed by atoms with E-state index in [2.05, 4.69) is 96.7 Å². The normalized spacial score (nSPS) is 12.1. The van der Waals surface area contributed by atoms with Crippen molar-refractivity contribution < 1.29 is 0 Å². The van der Waals surface area contributed by atoms with Crippen LogP contribution in [0, 0.1) is 0 Å². The third-order valence-corrected chi connectivity index (χ3v) is 13.4. The molecular weight excluding hydrogens is 303 g/mol. The van der Waals surface area contributed by atoms with Crippen LogP contribution in [-0.2, 0) is 0 Å². The van der Waals surface area contributed by atoms with Crippen molar-refractivity contribution in [3.8, 4) is 0 Å². The number of hydrogen-bond acceptors (Lipinski definition) is 0. The van der Waals surface area contributed by atoms with Crippen LogP contribution in [0.25, 0.3) is 0 Å². The van der Waals surface area contributed by atoms with E-state index >= 15 is 0 Å². The molecule has 1 heteroatoms. The summed E-state index contributed by atoms with van der Waals surface area (Å²) < 4.78 is 4.51. The van der Waals surface area contributed by atoms with Crippen molar-refractivity contribution in [3.63, 3.8) is 0 Å². The van der Waals surface area contributed by atoms with E-state index in [-0.39, 0.29) is 0 Å². The Morgan fingerprint density at radius 2 is 0.700 bits per heavy atom. The van der Waals surface area contributed by atoms with Crippen LogP contribution in [0.4, 0.5) is 0 Å². The van der Waals surface area contributed by atoms with Gasteiger partial charge in [0.1, 0.15) is 0 Å². The van der Waals surface area contributed by atoms with Gasteiger partial charge in [-0.1, -0.05) is 0 Å². The first kappa shape index (κ1) is 13.2. The van der Waals surface area contributed by atoms with Crippen LogP contribution in [0.1, 0.15) is 0 Å². The van der Waals surface area contributed by atoms with Crippen LogP contribution >= 0.6 is 0 Å². The van der Waals surface area contributed by atoms with Gasteiger partial charge in [0, 0.05) is 0 Å². The standard InChI is InChI=1S/C19H19As/c1-20(17-11-5-2-6-12-17,18-13-7-3-8-14-18)19-15-9-4-10-16-19/h2-16,20H,1H3. The molecule has 0 aliphatic carbocycles. The molecule has 0 aromatic heterocycles. The van der Waals surface area contributed by atoms with Crippen molar-refractivity contribution in [1.29, 1.82) is 0 Å². The predicted molar refractivity (Wildman–Crippen MR) is 91.2 cm³/mol. The van der Waals surface area contributed by atoms with E-state index < -0.39 is 13.6 Å². The zero-order chi connectivity index (χ0) is 13.8. The Hall–Kier alpha value is -1.78. The van der Waals surface area contributed by atoms with Crippen molar-refractivity contribution in [2.24, 2.45) is 0 Å². The molecule has 3 aromatic rings. The van der Waals surface area contributed by atoms with Crippen molar-refractivity contribution in [3.05, 3.63) is 91.0 Å². The summed E-state index contributed by atoms with van der Waals surface area (Å²) in [6.45, 7) is 0. The molecule has 0 nitrogen and oxygen atoms in total. The van der Waals surface area contributed by atoms with Crippen LogP contribution in [0.3, 0.4) is 0 Å². The van der Waals surface area contributed by atoms with E-state index in [9.17, 15) is 0 Å². The summed E-state index contributed by atoms with van der Waals surface area (Å²) in [4.78, 5) is 0. The predicted octanol–water partition coefficient (Wildman–Crippen LogP) is 2.52. The summed E-state index contributed by atoms with van der Waals surface area (Å²) in [5.74, 6) is 0. The minimum atomic E-state index is -2.49. The van der Waals surface area contributed by atoms with E-state index in [1.807, 2.05) is 0 Å². The van der Waals surface area contributed by atoms with Gasteiger partial charge >= 0.3 is 123 Å². The zero-order valence-corrected chi connectivity index (χ0v) is 13.8. The molecule has 0 saturated carbocycles. The van der Waals surface area contributed by atoms with Gasteiger partial charge in [0.15, 0.2) is 0 Å². The average Bonchev–Trinajstić information content (AvgIpc) is 2.56. The molecule has 0 aliphatic rings. The molecule has 0 fully saturated rings. The summed E-state index contributed by atoms with van der Waals surface area (Å²) >= 11 is -2.49. The molecule has 0 spiro atoms. The molecule has 20 heavy (non-hydrogen) atoms. The molecule has 0 heterocycles. The van der Waals surface area contributed by atoms with Gasteiger partial charge in [-0.25, -0.2) is 0 Å². The fraction of sp³-hybridized carbons (Fsp3) is 0.0526. The molecule has 0 aliphatic heterocycles. The first-order valence-corrected chi connectivity index (χ1v) is 12.2. The Morgan fingerprint density at radius 3 is 0.950 bits per heavy atom. The Balaban J connectivity index is 2.24. The SMILES string of the molecule is C[AsH](c1ccccc1)(c1ccccc1)c1ccccc1. The Bertz CT molecular complexity index is 563. The molecule has 0 atom stereocenters. The van der Waals surface area contributed by atoms with E-state index in [0.29, 0.717) is 0 Å². The second-order valence-electron chi connectivity index (χ2n) is 5.22. The molecular formula is C19H19As. The second kappa shape index (κ2) is 5.69. The fourth-order valence-corrected chi connectivity index (χ4v) is 10.3. The van der Waals surface area contributed by atoms with Gasteiger partial charge in [0.25, 0.3) is 0 Å². The second-order valence-corrected chi connectivity index (χ2v) is 13.6. The van der Waals surface area contributed by atoms with Gasteiger partial charge in [-0.15, -0.1) is 0 Å². The Morgan fingerprint density at radius 1 is 0.450 bits per heavy atom. The van der Waals surface area contributed by atoms with Crippen LogP contribution in [0.2, 0.25) is 5.71 Å². The van der Waals surface area contributed by atoms with Crippen molar-refractivity contribution in [2.75, 3.05) is 0 Å². The first-order chi connectivity index (χ1) is 9.82. The Labute approximate surface area is 123 Å². The van der Waals surface area contributed by atoms with Crippen molar-refractivity contribution >= 4 is 26.6 Å². The third-order valence-electron chi connectivity index (χ3n) is 4.05. The van der Waals surface area contributed by atoms with E-state index in [1.165, 1.54) is 13.1 Å². The molecule has 0 radical (unpaired) electrons. The van der Waals surface area contributed by atoms with Gasteiger partial charge in [-0.2, -0.15) is 0 Å². The fourth-order valence-electron chi connectivity index (χ4n) is 2.81. The van der Waals surface area contributed by atoms with E-state index in [0.717, 1.165) is 0 Å². The van der Waals surface area contributed by atoms with Gasteiger partial charge in [0.05, 0.1) is 0 Å². The van der Waals surface area contributed by atoms with Crippen molar-refractivity contribution in [2.45, 2.75) is 5.71 Å². The quantitative estimate of drug-likeness (QED) is 0.650. The Kier molecular flexibility index (Phi) is 3.76. The molecule has 3 rings (SSSR count). The van der Waals surface area contributed by atoms with Crippen LogP contribution < -0.4 is 13.1 Å². The summed E-state index contributed by atoms with van der Waals surface area (Å²) in [6, 6.07) is 33.0. The van der Waals surface area contributed by atoms with E-state index in [4.69, 9.17) is 0 Å². The third kappa shape index (κ3) is 2.32. The zero-order valence-electron chi connectivity index (χ0n) is 11.7. The average molecular weight is 322 g/mol. The van der Waals surface area contributed by atoms with Gasteiger partial charge in [-0.3, -0.25) is 0 Å². The summed E-state index contributed by atoms with van der Waals surface area (Å²) in [7, 11) is 0. The van der Waals surface area contributed by atoms with E-state index in [1.54, 1.807) is 0 Å². The topological polar surface area (TPSA) is 0 Å². The number of rotatable bonds is 3. The number of hydrogen-bond donors (Lipinski definition) is 0. The van der Waals surface area contributed by atoms with Crippen LogP contribution in [0.15, 0.2) is 91.0 Å². The van der Waals surface area contributed by atoms with Crippen LogP contribution in [-0.4, -0.2) is 13.6 Å². The van der Waals surface area contributed by atoms with Crippen LogP contribution in [0.5, 0.6) is 0 Å².